The normalized spacial score (nSPS) is 15.1. The molecule has 0 aliphatic heterocycles. The van der Waals surface area contributed by atoms with E-state index in [1.54, 1.807) is 7.11 Å². The van der Waals surface area contributed by atoms with Gasteiger partial charge in [-0.05, 0) is 41.9 Å². The third-order valence-corrected chi connectivity index (χ3v) is 3.83. The molecule has 0 amide bonds. The third kappa shape index (κ3) is 5.62. The molecule has 0 radical (unpaired) electrons. The van der Waals surface area contributed by atoms with Gasteiger partial charge in [0, 0.05) is 0 Å². The molecule has 0 saturated heterocycles. The Hall–Kier alpha value is -0.400. The average molecular weight is 303 g/mol. The zero-order valence-corrected chi connectivity index (χ0v) is 14.0. The summed E-state index contributed by atoms with van der Waals surface area (Å²) in [7, 11) is 1.62. The van der Waals surface area contributed by atoms with Crippen molar-refractivity contribution < 1.29 is 4.74 Å². The number of hydrogen-bond acceptors (Lipinski definition) is 1. The van der Waals surface area contributed by atoms with E-state index in [2.05, 4.69) is 27.7 Å². The number of alkyl halides is 1. The lowest BCUT2D eigenvalue weighted by Crippen LogP contribution is -2.12. The van der Waals surface area contributed by atoms with E-state index in [9.17, 15) is 0 Å². The minimum Gasteiger partial charge on any atom is -0.495 e. The molecular formula is C16H24Cl2O. The quantitative estimate of drug-likeness (QED) is 0.598. The van der Waals surface area contributed by atoms with Gasteiger partial charge in [0.05, 0.1) is 17.5 Å². The van der Waals surface area contributed by atoms with Crippen LogP contribution in [0.15, 0.2) is 18.2 Å². The fourth-order valence-corrected chi connectivity index (χ4v) is 3.20. The van der Waals surface area contributed by atoms with Gasteiger partial charge in [-0.15, -0.1) is 11.6 Å². The van der Waals surface area contributed by atoms with Gasteiger partial charge >= 0.3 is 0 Å². The molecule has 2 atom stereocenters. The van der Waals surface area contributed by atoms with Crippen LogP contribution in [0, 0.1) is 11.3 Å². The summed E-state index contributed by atoms with van der Waals surface area (Å²) in [5, 5.41) is 0.620. The summed E-state index contributed by atoms with van der Waals surface area (Å²) in [4.78, 5) is 0. The summed E-state index contributed by atoms with van der Waals surface area (Å²) in [5.41, 5.74) is 1.40. The molecule has 1 aromatic carbocycles. The van der Waals surface area contributed by atoms with Crippen LogP contribution in [0.5, 0.6) is 5.75 Å². The summed E-state index contributed by atoms with van der Waals surface area (Å²) in [5.74, 6) is 1.28. The van der Waals surface area contributed by atoms with Crippen LogP contribution in [-0.2, 0) is 0 Å². The Morgan fingerprint density at radius 3 is 2.37 bits per heavy atom. The van der Waals surface area contributed by atoms with Crippen molar-refractivity contribution in [2.75, 3.05) is 7.11 Å². The molecule has 0 aromatic heterocycles. The summed E-state index contributed by atoms with van der Waals surface area (Å²) in [6, 6.07) is 5.77. The first kappa shape index (κ1) is 16.7. The predicted octanol–water partition coefficient (Wildman–Crippen LogP) is 6.09. The molecule has 1 nitrogen and oxygen atoms in total. The maximum Gasteiger partial charge on any atom is 0.137 e. The Morgan fingerprint density at radius 1 is 1.26 bits per heavy atom. The van der Waals surface area contributed by atoms with Gasteiger partial charge in [-0.25, -0.2) is 0 Å². The topological polar surface area (TPSA) is 9.23 Å². The second kappa shape index (κ2) is 6.85. The van der Waals surface area contributed by atoms with E-state index in [1.807, 2.05) is 18.2 Å². The Kier molecular flexibility index (Phi) is 6.01. The molecule has 3 heteroatoms. The van der Waals surface area contributed by atoms with Crippen LogP contribution in [0.3, 0.4) is 0 Å². The van der Waals surface area contributed by atoms with Crippen molar-refractivity contribution in [1.82, 2.24) is 0 Å². The van der Waals surface area contributed by atoms with E-state index in [1.165, 1.54) is 6.42 Å². The second-order valence-electron chi connectivity index (χ2n) is 6.47. The van der Waals surface area contributed by atoms with Crippen molar-refractivity contribution in [3.63, 3.8) is 0 Å². The van der Waals surface area contributed by atoms with Gasteiger partial charge in [-0.3, -0.25) is 0 Å². The monoisotopic (exact) mass is 302 g/mol. The fraction of sp³-hybridized carbons (Fsp3) is 0.625. The average Bonchev–Trinajstić information content (AvgIpc) is 2.26. The zero-order chi connectivity index (χ0) is 14.6. The van der Waals surface area contributed by atoms with Gasteiger partial charge in [0.2, 0.25) is 0 Å². The van der Waals surface area contributed by atoms with E-state index in [4.69, 9.17) is 27.9 Å². The molecule has 108 valence electrons. The van der Waals surface area contributed by atoms with Gasteiger partial charge in [0.1, 0.15) is 5.75 Å². The Balaban J connectivity index is 2.68. The van der Waals surface area contributed by atoms with Crippen LogP contribution in [-0.4, -0.2) is 7.11 Å². The summed E-state index contributed by atoms with van der Waals surface area (Å²) in [6.45, 7) is 9.04. The molecule has 0 heterocycles. The van der Waals surface area contributed by atoms with E-state index < -0.39 is 0 Å². The van der Waals surface area contributed by atoms with Crippen LogP contribution in [0.2, 0.25) is 5.02 Å². The lowest BCUT2D eigenvalue weighted by Gasteiger charge is -2.25. The van der Waals surface area contributed by atoms with Crippen molar-refractivity contribution in [3.8, 4) is 5.75 Å². The third-order valence-electron chi connectivity index (χ3n) is 3.11. The highest BCUT2D eigenvalue weighted by atomic mass is 35.5. The Morgan fingerprint density at radius 2 is 1.89 bits per heavy atom. The first-order valence-corrected chi connectivity index (χ1v) is 7.52. The predicted molar refractivity (Wildman–Crippen MR) is 84.5 cm³/mol. The zero-order valence-electron chi connectivity index (χ0n) is 12.5. The van der Waals surface area contributed by atoms with Crippen LogP contribution >= 0.6 is 23.2 Å². The molecule has 19 heavy (non-hydrogen) atoms. The molecule has 0 spiro atoms. The number of halogens is 2. The first-order valence-electron chi connectivity index (χ1n) is 6.70. The lowest BCUT2D eigenvalue weighted by atomic mass is 9.83. The molecule has 0 aliphatic carbocycles. The lowest BCUT2D eigenvalue weighted by molar-refractivity contribution is 0.295. The summed E-state index contributed by atoms with van der Waals surface area (Å²) >= 11 is 12.6. The summed E-state index contributed by atoms with van der Waals surface area (Å²) < 4.78 is 5.15. The molecule has 0 saturated carbocycles. The number of benzene rings is 1. The van der Waals surface area contributed by atoms with E-state index in [0.29, 0.717) is 22.1 Å². The second-order valence-corrected chi connectivity index (χ2v) is 7.40. The SMILES string of the molecule is COc1ccc(C(Cl)CC(C)CC(C)(C)C)cc1Cl. The molecule has 0 bridgehead atoms. The summed E-state index contributed by atoms with van der Waals surface area (Å²) in [6.07, 6.45) is 2.13. The van der Waals surface area contributed by atoms with Crippen LogP contribution in [0.1, 0.15) is 51.5 Å². The fourth-order valence-electron chi connectivity index (χ4n) is 2.50. The highest BCUT2D eigenvalue weighted by molar-refractivity contribution is 6.32. The Labute approximate surface area is 127 Å². The maximum absolute atomic E-state index is 6.50. The van der Waals surface area contributed by atoms with Gasteiger partial charge in [0.15, 0.2) is 0 Å². The molecule has 1 aromatic rings. The van der Waals surface area contributed by atoms with Crippen molar-refractivity contribution in [2.45, 2.75) is 45.9 Å². The van der Waals surface area contributed by atoms with E-state index in [-0.39, 0.29) is 5.38 Å². The number of rotatable bonds is 5. The molecule has 1 rings (SSSR count). The van der Waals surface area contributed by atoms with Gasteiger partial charge in [-0.1, -0.05) is 45.4 Å². The minimum atomic E-state index is 0.000700. The van der Waals surface area contributed by atoms with Crippen LogP contribution in [0.25, 0.3) is 0 Å². The number of methoxy groups -OCH3 is 1. The first-order chi connectivity index (χ1) is 8.73. The van der Waals surface area contributed by atoms with Crippen molar-refractivity contribution in [3.05, 3.63) is 28.8 Å². The van der Waals surface area contributed by atoms with Crippen molar-refractivity contribution >= 4 is 23.2 Å². The standard InChI is InChI=1S/C16H24Cl2O/c1-11(10-16(2,3)4)8-13(17)12-6-7-15(19-5)14(18)9-12/h6-7,9,11,13H,8,10H2,1-5H3. The smallest absolute Gasteiger partial charge is 0.137 e. The maximum atomic E-state index is 6.50. The highest BCUT2D eigenvalue weighted by Gasteiger charge is 2.19. The molecule has 2 unspecified atom stereocenters. The molecular weight excluding hydrogens is 279 g/mol. The van der Waals surface area contributed by atoms with Crippen LogP contribution in [0.4, 0.5) is 0 Å². The van der Waals surface area contributed by atoms with E-state index >= 15 is 0 Å². The van der Waals surface area contributed by atoms with Gasteiger partial charge < -0.3 is 4.74 Å². The van der Waals surface area contributed by atoms with E-state index in [0.717, 1.165) is 12.0 Å². The minimum absolute atomic E-state index is 0.000700. The molecule has 0 fully saturated rings. The Bertz CT molecular complexity index is 410. The largest absolute Gasteiger partial charge is 0.495 e. The molecule has 0 aliphatic rings. The van der Waals surface area contributed by atoms with Crippen molar-refractivity contribution in [1.29, 1.82) is 0 Å². The van der Waals surface area contributed by atoms with Crippen molar-refractivity contribution in [2.24, 2.45) is 11.3 Å². The highest BCUT2D eigenvalue weighted by Crippen LogP contribution is 2.36. The number of ether oxygens (including phenoxy) is 1. The molecule has 0 N–H and O–H groups in total. The number of hydrogen-bond donors (Lipinski definition) is 0. The van der Waals surface area contributed by atoms with Gasteiger partial charge in [-0.2, -0.15) is 0 Å². The van der Waals surface area contributed by atoms with Gasteiger partial charge in [0.25, 0.3) is 0 Å². The van der Waals surface area contributed by atoms with Crippen LogP contribution < -0.4 is 4.74 Å².